The largest absolute Gasteiger partial charge is 0.480 e. The highest BCUT2D eigenvalue weighted by molar-refractivity contribution is 6.44. The van der Waals surface area contributed by atoms with E-state index in [2.05, 4.69) is 0 Å². The summed E-state index contributed by atoms with van der Waals surface area (Å²) in [6, 6.07) is -0.870. The third-order valence-electron chi connectivity index (χ3n) is 1.37. The molecule has 0 saturated heterocycles. The first-order valence-electron chi connectivity index (χ1n) is 3.21. The molecule has 0 aliphatic heterocycles. The molecule has 2 atom stereocenters. The minimum absolute atomic E-state index is 0.0931. The number of nitrogens with two attached hydrogens (primary N) is 1. The minimum atomic E-state index is -1.02. The Morgan fingerprint density at radius 2 is 2.09 bits per heavy atom. The monoisotopic (exact) mass is 199 g/mol. The number of alkyl halides is 2. The molecular weight excluding hydrogens is 189 g/mol. The first kappa shape index (κ1) is 11.0. The fraction of sp³-hybridized carbons (Fsp3) is 0.833. The van der Waals surface area contributed by atoms with Crippen molar-refractivity contribution in [1.82, 2.24) is 0 Å². The molecule has 0 aliphatic rings. The Morgan fingerprint density at radius 3 is 2.36 bits per heavy atom. The van der Waals surface area contributed by atoms with Gasteiger partial charge in [0.15, 0.2) is 0 Å². The topological polar surface area (TPSA) is 63.3 Å². The summed E-state index contributed by atoms with van der Waals surface area (Å²) in [6.45, 7) is 1.76. The van der Waals surface area contributed by atoms with Gasteiger partial charge >= 0.3 is 5.97 Å². The van der Waals surface area contributed by atoms with E-state index in [4.69, 9.17) is 34.0 Å². The number of rotatable bonds is 4. The van der Waals surface area contributed by atoms with E-state index in [-0.39, 0.29) is 5.92 Å². The van der Waals surface area contributed by atoms with Crippen LogP contribution in [-0.4, -0.2) is 22.0 Å². The van der Waals surface area contributed by atoms with Gasteiger partial charge in [-0.3, -0.25) is 4.79 Å². The molecule has 11 heavy (non-hydrogen) atoms. The molecule has 0 bridgehead atoms. The van der Waals surface area contributed by atoms with E-state index in [0.29, 0.717) is 6.42 Å². The van der Waals surface area contributed by atoms with Gasteiger partial charge in [-0.1, -0.05) is 6.92 Å². The maximum atomic E-state index is 10.2. The third-order valence-corrected chi connectivity index (χ3v) is 2.23. The Morgan fingerprint density at radius 1 is 1.64 bits per heavy atom. The van der Waals surface area contributed by atoms with E-state index in [1.807, 2.05) is 0 Å². The molecule has 0 aromatic carbocycles. The van der Waals surface area contributed by atoms with Gasteiger partial charge in [0.25, 0.3) is 0 Å². The Labute approximate surface area is 75.5 Å². The predicted molar refractivity (Wildman–Crippen MR) is 44.9 cm³/mol. The van der Waals surface area contributed by atoms with Gasteiger partial charge in [-0.15, -0.1) is 23.2 Å². The fourth-order valence-electron chi connectivity index (χ4n) is 0.604. The van der Waals surface area contributed by atoms with Crippen molar-refractivity contribution in [2.24, 2.45) is 11.7 Å². The van der Waals surface area contributed by atoms with Gasteiger partial charge in [-0.05, 0) is 12.3 Å². The number of halogens is 2. The molecule has 0 aromatic heterocycles. The zero-order chi connectivity index (χ0) is 9.02. The van der Waals surface area contributed by atoms with Crippen LogP contribution in [0.3, 0.4) is 0 Å². The van der Waals surface area contributed by atoms with Gasteiger partial charge < -0.3 is 10.8 Å². The van der Waals surface area contributed by atoms with E-state index in [1.54, 1.807) is 6.92 Å². The molecule has 0 unspecified atom stereocenters. The minimum Gasteiger partial charge on any atom is -0.480 e. The van der Waals surface area contributed by atoms with Crippen molar-refractivity contribution < 1.29 is 9.90 Å². The van der Waals surface area contributed by atoms with Crippen LogP contribution in [0.2, 0.25) is 0 Å². The van der Waals surface area contributed by atoms with Gasteiger partial charge in [0, 0.05) is 0 Å². The van der Waals surface area contributed by atoms with Crippen LogP contribution in [0.1, 0.15) is 13.3 Å². The lowest BCUT2D eigenvalue weighted by Crippen LogP contribution is -2.32. The van der Waals surface area contributed by atoms with Gasteiger partial charge in [0.05, 0.1) is 0 Å². The Balaban J connectivity index is 3.75. The van der Waals surface area contributed by atoms with Crippen LogP contribution in [0.4, 0.5) is 0 Å². The summed E-state index contributed by atoms with van der Waals surface area (Å²) in [7, 11) is 0. The van der Waals surface area contributed by atoms with Crippen LogP contribution >= 0.6 is 23.2 Å². The summed E-state index contributed by atoms with van der Waals surface area (Å²) < 4.78 is 0. The zero-order valence-corrected chi connectivity index (χ0v) is 7.64. The second kappa shape index (κ2) is 4.80. The first-order chi connectivity index (χ1) is 4.95. The first-order valence-corrected chi connectivity index (χ1v) is 4.09. The summed E-state index contributed by atoms with van der Waals surface area (Å²) in [5, 5.41) is 8.40. The van der Waals surface area contributed by atoms with Crippen molar-refractivity contribution in [2.45, 2.75) is 24.2 Å². The maximum absolute atomic E-state index is 10.2. The van der Waals surface area contributed by atoms with Crippen LogP contribution in [0.25, 0.3) is 0 Å². The molecule has 0 radical (unpaired) electrons. The van der Waals surface area contributed by atoms with Crippen molar-refractivity contribution in [3.8, 4) is 0 Å². The molecular formula is C6H11Cl2NO2. The summed E-state index contributed by atoms with van der Waals surface area (Å²) in [5.41, 5.74) is 5.24. The molecule has 0 rings (SSSR count). The highest BCUT2D eigenvalue weighted by Gasteiger charge is 2.19. The second-order valence-electron chi connectivity index (χ2n) is 2.49. The normalized spacial score (nSPS) is 16.5. The summed E-state index contributed by atoms with van der Waals surface area (Å²) >= 11 is 11.0. The average Bonchev–Trinajstić information content (AvgIpc) is 1.87. The molecule has 0 aromatic rings. The summed E-state index contributed by atoms with van der Waals surface area (Å²) in [6.07, 6.45) is 0.299. The van der Waals surface area contributed by atoms with Crippen LogP contribution in [0.15, 0.2) is 0 Å². The maximum Gasteiger partial charge on any atom is 0.320 e. The van der Waals surface area contributed by atoms with Gasteiger partial charge in [-0.2, -0.15) is 0 Å². The van der Waals surface area contributed by atoms with Crippen LogP contribution in [0.5, 0.6) is 0 Å². The lowest BCUT2D eigenvalue weighted by Gasteiger charge is -2.14. The SMILES string of the molecule is C[C@H](C[C@H](N)C(=O)O)C(Cl)Cl. The molecule has 0 heterocycles. The predicted octanol–water partition coefficient (Wildman–Crippen LogP) is 1.23. The number of carboxylic acid groups (broad SMARTS) is 1. The van der Waals surface area contributed by atoms with E-state index in [0.717, 1.165) is 0 Å². The molecule has 0 spiro atoms. The lowest BCUT2D eigenvalue weighted by molar-refractivity contribution is -0.138. The van der Waals surface area contributed by atoms with Crippen LogP contribution in [-0.2, 0) is 4.79 Å². The smallest absolute Gasteiger partial charge is 0.320 e. The molecule has 66 valence electrons. The molecule has 0 aliphatic carbocycles. The van der Waals surface area contributed by atoms with Crippen molar-refractivity contribution >= 4 is 29.2 Å². The van der Waals surface area contributed by atoms with Crippen LogP contribution in [0, 0.1) is 5.92 Å². The van der Waals surface area contributed by atoms with E-state index in [1.165, 1.54) is 0 Å². The molecule has 0 saturated carbocycles. The molecule has 0 fully saturated rings. The van der Waals surface area contributed by atoms with Gasteiger partial charge in [-0.25, -0.2) is 0 Å². The fourth-order valence-corrected chi connectivity index (χ4v) is 0.810. The van der Waals surface area contributed by atoms with Crippen molar-refractivity contribution in [2.75, 3.05) is 0 Å². The number of hydrogen-bond acceptors (Lipinski definition) is 2. The van der Waals surface area contributed by atoms with Crippen molar-refractivity contribution in [3.05, 3.63) is 0 Å². The number of carbonyl (C=O) groups is 1. The summed E-state index contributed by atoms with van der Waals surface area (Å²) in [5.74, 6) is -1.12. The Bertz CT molecular complexity index is 141. The second-order valence-corrected chi connectivity index (χ2v) is 3.66. The zero-order valence-electron chi connectivity index (χ0n) is 6.13. The highest BCUT2D eigenvalue weighted by atomic mass is 35.5. The number of hydrogen-bond donors (Lipinski definition) is 2. The van der Waals surface area contributed by atoms with Crippen LogP contribution < -0.4 is 5.73 Å². The Hall–Kier alpha value is 0.01000. The third kappa shape index (κ3) is 4.45. The molecule has 5 heteroatoms. The standard InChI is InChI=1S/C6H11Cl2NO2/c1-3(5(7)8)2-4(9)6(10)11/h3-5H,2,9H2,1H3,(H,10,11)/t3-,4+/m1/s1. The van der Waals surface area contributed by atoms with Gasteiger partial charge in [0.2, 0.25) is 0 Å². The Kier molecular flexibility index (Phi) is 4.81. The summed E-state index contributed by atoms with van der Waals surface area (Å²) in [4.78, 5) is 9.69. The molecule has 0 amide bonds. The van der Waals surface area contributed by atoms with Crippen molar-refractivity contribution in [3.63, 3.8) is 0 Å². The van der Waals surface area contributed by atoms with E-state index < -0.39 is 16.8 Å². The van der Waals surface area contributed by atoms with Gasteiger partial charge in [0.1, 0.15) is 10.9 Å². The molecule has 3 N–H and O–H groups in total. The average molecular weight is 200 g/mol. The quantitative estimate of drug-likeness (QED) is 0.670. The number of carboxylic acids is 1. The van der Waals surface area contributed by atoms with E-state index in [9.17, 15) is 4.79 Å². The van der Waals surface area contributed by atoms with Crippen molar-refractivity contribution in [1.29, 1.82) is 0 Å². The molecule has 3 nitrogen and oxygen atoms in total. The lowest BCUT2D eigenvalue weighted by atomic mass is 10.0. The van der Waals surface area contributed by atoms with E-state index >= 15 is 0 Å². The highest BCUT2D eigenvalue weighted by Crippen LogP contribution is 2.18. The number of aliphatic carboxylic acids is 1.